The zero-order valence-corrected chi connectivity index (χ0v) is 14.7. The number of benzene rings is 2. The van der Waals surface area contributed by atoms with E-state index in [-0.39, 0.29) is 5.54 Å². The average Bonchev–Trinajstić information content (AvgIpc) is 2.99. The first-order valence-corrected chi connectivity index (χ1v) is 8.71. The fraction of sp³-hybridized carbons (Fsp3) is 0.350. The predicted molar refractivity (Wildman–Crippen MR) is 102 cm³/mol. The van der Waals surface area contributed by atoms with Gasteiger partial charge in [-0.1, -0.05) is 60.4 Å². The van der Waals surface area contributed by atoms with Crippen molar-refractivity contribution < 1.29 is 0 Å². The van der Waals surface area contributed by atoms with Crippen molar-refractivity contribution in [3.8, 4) is 0 Å². The topological polar surface area (TPSA) is 24.1 Å². The van der Waals surface area contributed by atoms with Crippen molar-refractivity contribution >= 4 is 23.0 Å². The van der Waals surface area contributed by atoms with E-state index in [1.54, 1.807) is 0 Å². The van der Waals surface area contributed by atoms with Crippen molar-refractivity contribution in [1.82, 2.24) is 5.32 Å². The van der Waals surface area contributed by atoms with Gasteiger partial charge in [0, 0.05) is 5.69 Å². The standard InChI is InChI=1S/C20H24N2S/c1-15-8-10-18(11-9-15)21-19(23)22-20(12-3-4-13-20)17-7-5-6-16(2)14-17/h5-11,14H,3-4,12-13H2,1-2H3,(H2,21,22,23). The lowest BCUT2D eigenvalue weighted by molar-refractivity contribution is 0.408. The lowest BCUT2D eigenvalue weighted by Gasteiger charge is -2.33. The van der Waals surface area contributed by atoms with Crippen LogP contribution < -0.4 is 10.6 Å². The van der Waals surface area contributed by atoms with Gasteiger partial charge in [0.15, 0.2) is 5.11 Å². The third-order valence-corrected chi connectivity index (χ3v) is 4.89. The number of anilines is 1. The second-order valence-electron chi connectivity index (χ2n) is 6.60. The quantitative estimate of drug-likeness (QED) is 0.772. The number of rotatable bonds is 3. The summed E-state index contributed by atoms with van der Waals surface area (Å²) in [6, 6.07) is 17.1. The second kappa shape index (κ2) is 6.71. The summed E-state index contributed by atoms with van der Waals surface area (Å²) in [6.45, 7) is 4.24. The van der Waals surface area contributed by atoms with Gasteiger partial charge in [-0.15, -0.1) is 0 Å². The Labute approximate surface area is 144 Å². The molecule has 1 fully saturated rings. The molecule has 1 saturated carbocycles. The Morgan fingerprint density at radius 2 is 1.65 bits per heavy atom. The van der Waals surface area contributed by atoms with Crippen LogP contribution in [0.4, 0.5) is 5.69 Å². The van der Waals surface area contributed by atoms with Crippen molar-refractivity contribution in [2.24, 2.45) is 0 Å². The summed E-state index contributed by atoms with van der Waals surface area (Å²) < 4.78 is 0. The summed E-state index contributed by atoms with van der Waals surface area (Å²) in [7, 11) is 0. The molecule has 0 spiro atoms. The highest BCUT2D eigenvalue weighted by Crippen LogP contribution is 2.39. The third-order valence-electron chi connectivity index (χ3n) is 4.69. The highest BCUT2D eigenvalue weighted by Gasteiger charge is 2.36. The predicted octanol–water partition coefficient (Wildman–Crippen LogP) is 5.06. The molecule has 0 heterocycles. The van der Waals surface area contributed by atoms with Crippen LogP contribution in [0.2, 0.25) is 0 Å². The normalized spacial score (nSPS) is 16.1. The molecule has 0 saturated heterocycles. The van der Waals surface area contributed by atoms with E-state index >= 15 is 0 Å². The zero-order chi connectivity index (χ0) is 16.3. The van der Waals surface area contributed by atoms with Gasteiger partial charge in [-0.3, -0.25) is 0 Å². The lowest BCUT2D eigenvalue weighted by atomic mass is 9.87. The largest absolute Gasteiger partial charge is 0.353 e. The van der Waals surface area contributed by atoms with Gasteiger partial charge in [-0.25, -0.2) is 0 Å². The molecular formula is C20H24N2S. The molecule has 2 aromatic carbocycles. The molecule has 0 atom stereocenters. The van der Waals surface area contributed by atoms with Gasteiger partial charge < -0.3 is 10.6 Å². The molecular weight excluding hydrogens is 300 g/mol. The van der Waals surface area contributed by atoms with Crippen molar-refractivity contribution in [2.75, 3.05) is 5.32 Å². The Bertz CT molecular complexity index is 685. The van der Waals surface area contributed by atoms with Crippen molar-refractivity contribution in [1.29, 1.82) is 0 Å². The molecule has 0 bridgehead atoms. The fourth-order valence-electron chi connectivity index (χ4n) is 3.42. The number of hydrogen-bond acceptors (Lipinski definition) is 1. The van der Waals surface area contributed by atoms with E-state index in [0.717, 1.165) is 18.5 Å². The van der Waals surface area contributed by atoms with Crippen LogP contribution in [0.5, 0.6) is 0 Å². The van der Waals surface area contributed by atoms with E-state index in [4.69, 9.17) is 12.2 Å². The van der Waals surface area contributed by atoms with Gasteiger partial charge in [0.2, 0.25) is 0 Å². The van der Waals surface area contributed by atoms with Crippen LogP contribution in [0.25, 0.3) is 0 Å². The van der Waals surface area contributed by atoms with Gasteiger partial charge in [-0.05, 0) is 56.6 Å². The summed E-state index contributed by atoms with van der Waals surface area (Å²) in [5.41, 5.74) is 4.91. The van der Waals surface area contributed by atoms with Gasteiger partial charge in [0.1, 0.15) is 0 Å². The third kappa shape index (κ3) is 3.73. The van der Waals surface area contributed by atoms with E-state index in [1.165, 1.54) is 29.5 Å². The Balaban J connectivity index is 1.77. The van der Waals surface area contributed by atoms with Crippen LogP contribution in [0, 0.1) is 13.8 Å². The molecule has 0 radical (unpaired) electrons. The van der Waals surface area contributed by atoms with E-state index in [0.29, 0.717) is 5.11 Å². The van der Waals surface area contributed by atoms with Crippen LogP contribution >= 0.6 is 12.2 Å². The fourth-order valence-corrected chi connectivity index (χ4v) is 3.74. The molecule has 2 aromatic rings. The molecule has 0 aromatic heterocycles. The lowest BCUT2D eigenvalue weighted by Crippen LogP contribution is -2.45. The summed E-state index contributed by atoms with van der Waals surface area (Å²) in [5.74, 6) is 0. The number of aryl methyl sites for hydroxylation is 2. The zero-order valence-electron chi connectivity index (χ0n) is 13.9. The molecule has 3 rings (SSSR count). The SMILES string of the molecule is Cc1ccc(NC(=S)NC2(c3cccc(C)c3)CCCC2)cc1. The summed E-state index contributed by atoms with van der Waals surface area (Å²) in [5, 5.41) is 7.65. The Hall–Kier alpha value is -1.87. The maximum atomic E-state index is 5.59. The van der Waals surface area contributed by atoms with Gasteiger partial charge >= 0.3 is 0 Å². The van der Waals surface area contributed by atoms with Gasteiger partial charge in [0.25, 0.3) is 0 Å². The minimum absolute atomic E-state index is 0.0270. The van der Waals surface area contributed by atoms with Crippen LogP contribution in [-0.2, 0) is 5.54 Å². The molecule has 1 aliphatic rings. The van der Waals surface area contributed by atoms with Crippen molar-refractivity contribution in [3.05, 3.63) is 65.2 Å². The highest BCUT2D eigenvalue weighted by molar-refractivity contribution is 7.80. The molecule has 2 N–H and O–H groups in total. The minimum Gasteiger partial charge on any atom is -0.353 e. The first kappa shape index (κ1) is 16.0. The van der Waals surface area contributed by atoms with Crippen molar-refractivity contribution in [2.45, 2.75) is 45.1 Å². The van der Waals surface area contributed by atoms with Crippen LogP contribution in [0.15, 0.2) is 48.5 Å². The van der Waals surface area contributed by atoms with E-state index in [1.807, 2.05) is 0 Å². The Morgan fingerprint density at radius 1 is 0.957 bits per heavy atom. The maximum Gasteiger partial charge on any atom is 0.171 e. The first-order valence-electron chi connectivity index (χ1n) is 8.30. The van der Waals surface area contributed by atoms with Crippen LogP contribution in [0.3, 0.4) is 0 Å². The molecule has 0 unspecified atom stereocenters. The van der Waals surface area contributed by atoms with E-state index < -0.39 is 0 Å². The number of hydrogen-bond donors (Lipinski definition) is 2. The molecule has 2 nitrogen and oxygen atoms in total. The first-order chi connectivity index (χ1) is 11.1. The molecule has 0 aliphatic heterocycles. The summed E-state index contributed by atoms with van der Waals surface area (Å²) >= 11 is 5.59. The summed E-state index contributed by atoms with van der Waals surface area (Å²) in [4.78, 5) is 0. The van der Waals surface area contributed by atoms with Crippen LogP contribution in [-0.4, -0.2) is 5.11 Å². The highest BCUT2D eigenvalue weighted by atomic mass is 32.1. The van der Waals surface area contributed by atoms with Gasteiger partial charge in [-0.2, -0.15) is 0 Å². The smallest absolute Gasteiger partial charge is 0.171 e. The molecule has 23 heavy (non-hydrogen) atoms. The van der Waals surface area contributed by atoms with E-state index in [2.05, 4.69) is 73.0 Å². The molecule has 3 heteroatoms. The summed E-state index contributed by atoms with van der Waals surface area (Å²) in [6.07, 6.45) is 4.75. The van der Waals surface area contributed by atoms with Crippen LogP contribution in [0.1, 0.15) is 42.4 Å². The number of nitrogens with one attached hydrogen (secondary N) is 2. The number of thiocarbonyl (C=S) groups is 1. The van der Waals surface area contributed by atoms with Crippen molar-refractivity contribution in [3.63, 3.8) is 0 Å². The monoisotopic (exact) mass is 324 g/mol. The molecule has 1 aliphatic carbocycles. The minimum atomic E-state index is -0.0270. The maximum absolute atomic E-state index is 5.59. The molecule has 120 valence electrons. The average molecular weight is 324 g/mol. The second-order valence-corrected chi connectivity index (χ2v) is 7.01. The Kier molecular flexibility index (Phi) is 4.67. The molecule has 0 amide bonds. The van der Waals surface area contributed by atoms with Gasteiger partial charge in [0.05, 0.1) is 5.54 Å². The van der Waals surface area contributed by atoms with E-state index in [9.17, 15) is 0 Å². The Morgan fingerprint density at radius 3 is 2.30 bits per heavy atom.